The number of carbonyl (C=O) groups is 1. The first-order valence-electron chi connectivity index (χ1n) is 10.2. The lowest BCUT2D eigenvalue weighted by molar-refractivity contribution is -0.118. The van der Waals surface area contributed by atoms with E-state index in [9.17, 15) is 4.79 Å². The molecule has 0 amide bonds. The van der Waals surface area contributed by atoms with Crippen LogP contribution in [0.1, 0.15) is 24.8 Å². The summed E-state index contributed by atoms with van der Waals surface area (Å²) in [6.45, 7) is 3.23. The van der Waals surface area contributed by atoms with Crippen LogP contribution < -0.4 is 0 Å². The van der Waals surface area contributed by atoms with Crippen molar-refractivity contribution in [2.24, 2.45) is 11.8 Å². The Morgan fingerprint density at radius 3 is 2.64 bits per heavy atom. The van der Waals surface area contributed by atoms with E-state index in [1.54, 1.807) is 6.08 Å². The van der Waals surface area contributed by atoms with Crippen molar-refractivity contribution in [2.75, 3.05) is 19.6 Å². The quantitative estimate of drug-likeness (QED) is 0.641. The van der Waals surface area contributed by atoms with Crippen molar-refractivity contribution >= 4 is 17.4 Å². The molecule has 0 radical (unpaired) electrons. The first kappa shape index (κ1) is 17.4. The lowest BCUT2D eigenvalue weighted by Crippen LogP contribution is -2.32. The predicted octanol–water partition coefficient (Wildman–Crippen LogP) is 4.32. The first-order valence-corrected chi connectivity index (χ1v) is 10.2. The molecular weight excluding hydrogens is 346 g/mol. The zero-order chi connectivity index (χ0) is 18.9. The molecule has 6 rings (SSSR count). The fourth-order valence-corrected chi connectivity index (χ4v) is 4.69. The number of rotatable bonds is 4. The second kappa shape index (κ2) is 7.36. The van der Waals surface area contributed by atoms with Gasteiger partial charge in [0.2, 0.25) is 0 Å². The molecule has 3 aliphatic rings. The van der Waals surface area contributed by atoms with Crippen LogP contribution in [-0.2, 0) is 4.79 Å². The Balaban J connectivity index is 1.48. The van der Waals surface area contributed by atoms with E-state index in [0.717, 1.165) is 54.3 Å². The number of benzene rings is 1. The summed E-state index contributed by atoms with van der Waals surface area (Å²) in [6, 6.07) is 16.2. The van der Waals surface area contributed by atoms with Crippen molar-refractivity contribution in [3.63, 3.8) is 0 Å². The molecule has 4 heteroatoms. The molecule has 1 atom stereocenters. The second-order valence-corrected chi connectivity index (χ2v) is 8.07. The highest BCUT2D eigenvalue weighted by molar-refractivity contribution is 5.98. The van der Waals surface area contributed by atoms with Gasteiger partial charge in [0.1, 0.15) is 5.69 Å². The van der Waals surface area contributed by atoms with E-state index in [0.29, 0.717) is 0 Å². The minimum atomic E-state index is 0.133. The summed E-state index contributed by atoms with van der Waals surface area (Å²) in [5.41, 5.74) is 4.02. The number of hydrogen-bond donors (Lipinski definition) is 0. The number of ketones is 1. The van der Waals surface area contributed by atoms with Gasteiger partial charge in [-0.3, -0.25) is 4.79 Å². The van der Waals surface area contributed by atoms with Crippen LogP contribution in [0.15, 0.2) is 60.8 Å². The lowest BCUT2D eigenvalue weighted by Gasteiger charge is -2.26. The molecule has 0 saturated carbocycles. The molecule has 28 heavy (non-hydrogen) atoms. The Labute approximate surface area is 165 Å². The molecule has 4 nitrogen and oxygen atoms in total. The van der Waals surface area contributed by atoms with E-state index in [1.807, 2.05) is 47.1 Å². The minimum Gasteiger partial charge on any atom is -0.303 e. The molecule has 3 saturated heterocycles. The Hall–Kier alpha value is -2.72. The molecule has 5 heterocycles. The Morgan fingerprint density at radius 1 is 1.04 bits per heavy atom. The van der Waals surface area contributed by atoms with Crippen LogP contribution in [0.3, 0.4) is 0 Å². The third-order valence-electron chi connectivity index (χ3n) is 6.25. The predicted molar refractivity (Wildman–Crippen MR) is 112 cm³/mol. The summed E-state index contributed by atoms with van der Waals surface area (Å²) in [6.07, 6.45) is 9.28. The van der Waals surface area contributed by atoms with E-state index in [1.165, 1.54) is 12.8 Å². The van der Waals surface area contributed by atoms with Crippen LogP contribution in [0.2, 0.25) is 0 Å². The monoisotopic (exact) mass is 371 g/mol. The van der Waals surface area contributed by atoms with Gasteiger partial charge in [-0.05, 0) is 62.6 Å². The fraction of sp³-hybridized carbons (Fsp3) is 0.333. The minimum absolute atomic E-state index is 0.133. The number of allylic oxidation sites excluding steroid dienone is 1. The van der Waals surface area contributed by atoms with Crippen molar-refractivity contribution < 1.29 is 4.79 Å². The van der Waals surface area contributed by atoms with Crippen molar-refractivity contribution in [3.8, 4) is 11.3 Å². The highest BCUT2D eigenvalue weighted by Crippen LogP contribution is 2.31. The number of piperidine rings is 1. The van der Waals surface area contributed by atoms with Gasteiger partial charge in [0, 0.05) is 29.8 Å². The molecule has 3 aromatic rings. The number of carbonyl (C=O) groups excluding carboxylic acids is 1. The molecule has 2 bridgehead atoms. The van der Waals surface area contributed by atoms with Crippen molar-refractivity contribution in [1.82, 2.24) is 14.5 Å². The van der Waals surface area contributed by atoms with Gasteiger partial charge >= 0.3 is 0 Å². The van der Waals surface area contributed by atoms with Gasteiger partial charge in [0.05, 0.1) is 5.52 Å². The van der Waals surface area contributed by atoms with Crippen LogP contribution in [0, 0.1) is 11.8 Å². The van der Waals surface area contributed by atoms with Gasteiger partial charge in [0.25, 0.3) is 0 Å². The van der Waals surface area contributed by atoms with Crippen LogP contribution in [-0.4, -0.2) is 39.9 Å². The number of hydrogen-bond acceptors (Lipinski definition) is 3. The van der Waals surface area contributed by atoms with E-state index < -0.39 is 0 Å². The summed E-state index contributed by atoms with van der Waals surface area (Å²) in [5.74, 6) is 1.11. The van der Waals surface area contributed by atoms with Gasteiger partial charge in [-0.1, -0.05) is 36.4 Å². The smallest absolute Gasteiger partial charge is 0.160 e. The SMILES string of the molecule is O=C(C=Cc1c(-c2ccccc2)nn2ccccc12)C1CC2CCN(CC2)C1. The molecule has 0 aliphatic carbocycles. The van der Waals surface area contributed by atoms with E-state index in [4.69, 9.17) is 5.10 Å². The standard InChI is InChI=1S/C24H25N3O/c28-23(20-16-18-11-14-26(17-20)15-12-18)10-9-21-22-8-4-5-13-27(22)25-24(21)19-6-2-1-3-7-19/h1-10,13,18,20H,11-12,14-17H2. The third-order valence-corrected chi connectivity index (χ3v) is 6.25. The van der Waals surface area contributed by atoms with Gasteiger partial charge in [-0.15, -0.1) is 0 Å². The number of nitrogens with zero attached hydrogens (tertiary/aromatic N) is 3. The summed E-state index contributed by atoms with van der Waals surface area (Å²) >= 11 is 0. The molecular formula is C24H25N3O. The molecule has 1 aromatic carbocycles. The highest BCUT2D eigenvalue weighted by atomic mass is 16.1. The molecule has 1 unspecified atom stereocenters. The summed E-state index contributed by atoms with van der Waals surface area (Å²) < 4.78 is 1.89. The summed E-state index contributed by atoms with van der Waals surface area (Å²) in [7, 11) is 0. The van der Waals surface area contributed by atoms with Gasteiger partial charge in [-0.25, -0.2) is 4.52 Å². The van der Waals surface area contributed by atoms with E-state index in [2.05, 4.69) is 23.1 Å². The second-order valence-electron chi connectivity index (χ2n) is 8.07. The third kappa shape index (κ3) is 3.29. The van der Waals surface area contributed by atoms with Gasteiger partial charge in [-0.2, -0.15) is 5.10 Å². The fourth-order valence-electron chi connectivity index (χ4n) is 4.69. The van der Waals surface area contributed by atoms with Crippen LogP contribution >= 0.6 is 0 Å². The maximum absolute atomic E-state index is 13.0. The lowest BCUT2D eigenvalue weighted by atomic mass is 9.89. The van der Waals surface area contributed by atoms with E-state index in [-0.39, 0.29) is 11.7 Å². The summed E-state index contributed by atoms with van der Waals surface area (Å²) in [5, 5.41) is 4.77. The van der Waals surface area contributed by atoms with Crippen molar-refractivity contribution in [1.29, 1.82) is 0 Å². The molecule has 3 fully saturated rings. The Morgan fingerprint density at radius 2 is 1.82 bits per heavy atom. The Bertz CT molecular complexity index is 999. The van der Waals surface area contributed by atoms with E-state index >= 15 is 0 Å². The number of fused-ring (bicyclic) bond motifs is 5. The van der Waals surface area contributed by atoms with Crippen LogP contribution in [0.25, 0.3) is 22.9 Å². The van der Waals surface area contributed by atoms with Crippen molar-refractivity contribution in [2.45, 2.75) is 19.3 Å². The van der Waals surface area contributed by atoms with Gasteiger partial charge < -0.3 is 4.90 Å². The molecule has 0 spiro atoms. The van der Waals surface area contributed by atoms with Crippen molar-refractivity contribution in [3.05, 3.63) is 66.4 Å². The normalized spacial score (nSPS) is 24.6. The van der Waals surface area contributed by atoms with Crippen LogP contribution in [0.5, 0.6) is 0 Å². The molecule has 0 N–H and O–H groups in total. The average Bonchev–Trinajstić information content (AvgIpc) is 2.87. The number of pyridine rings is 1. The molecule has 3 aliphatic heterocycles. The molecule has 142 valence electrons. The first-order chi connectivity index (χ1) is 13.8. The Kier molecular flexibility index (Phi) is 4.57. The topological polar surface area (TPSA) is 37.6 Å². The number of aromatic nitrogens is 2. The zero-order valence-electron chi connectivity index (χ0n) is 16.0. The highest BCUT2D eigenvalue weighted by Gasteiger charge is 2.31. The summed E-state index contributed by atoms with van der Waals surface area (Å²) in [4.78, 5) is 15.5. The molecule has 2 aromatic heterocycles. The maximum atomic E-state index is 13.0. The van der Waals surface area contributed by atoms with Crippen LogP contribution in [0.4, 0.5) is 0 Å². The zero-order valence-corrected chi connectivity index (χ0v) is 16.0. The average molecular weight is 371 g/mol. The van der Waals surface area contributed by atoms with Gasteiger partial charge in [0.15, 0.2) is 5.78 Å². The largest absolute Gasteiger partial charge is 0.303 e. The maximum Gasteiger partial charge on any atom is 0.160 e.